The van der Waals surface area contributed by atoms with Crippen LogP contribution >= 0.6 is 0 Å². The van der Waals surface area contributed by atoms with Gasteiger partial charge in [0.15, 0.2) is 17.4 Å². The number of imidazole rings is 1. The van der Waals surface area contributed by atoms with E-state index in [1.54, 1.807) is 35.9 Å². The molecule has 2 aromatic heterocycles. The zero-order valence-electron chi connectivity index (χ0n) is 22.7. The van der Waals surface area contributed by atoms with Crippen LogP contribution in [0.15, 0.2) is 48.7 Å². The van der Waals surface area contributed by atoms with E-state index in [-0.39, 0.29) is 24.6 Å². The van der Waals surface area contributed by atoms with E-state index in [1.165, 1.54) is 6.07 Å². The second-order valence-electron chi connectivity index (χ2n) is 10.3. The van der Waals surface area contributed by atoms with Gasteiger partial charge in [0.2, 0.25) is 5.88 Å². The van der Waals surface area contributed by atoms with E-state index in [0.717, 1.165) is 67.9 Å². The van der Waals surface area contributed by atoms with Crippen molar-refractivity contribution in [1.29, 1.82) is 0 Å². The molecule has 0 spiro atoms. The number of piperidine rings is 1. The van der Waals surface area contributed by atoms with Crippen LogP contribution in [0.2, 0.25) is 0 Å². The zero-order valence-corrected chi connectivity index (χ0v) is 22.7. The summed E-state index contributed by atoms with van der Waals surface area (Å²) in [6.07, 6.45) is 4.16. The fourth-order valence-electron chi connectivity index (χ4n) is 5.14. The lowest BCUT2D eigenvalue weighted by molar-refractivity contribution is -0.0592. The van der Waals surface area contributed by atoms with E-state index < -0.39 is 17.5 Å². The molecule has 42 heavy (non-hydrogen) atoms. The maximum atomic E-state index is 13.9. The largest absolute Gasteiger partial charge is 0.483 e. The molecule has 220 valence electrons. The predicted molar refractivity (Wildman–Crippen MR) is 145 cm³/mol. The normalized spacial score (nSPS) is 17.6. The van der Waals surface area contributed by atoms with Gasteiger partial charge in [0.25, 0.3) is 5.91 Å². The van der Waals surface area contributed by atoms with Crippen molar-refractivity contribution in [3.63, 3.8) is 0 Å². The quantitative estimate of drug-likeness (QED) is 0.214. The van der Waals surface area contributed by atoms with Gasteiger partial charge in [-0.2, -0.15) is 4.98 Å². The molecule has 1 atom stereocenters. The molecular formula is C29H30F2N6O5. The number of hydrogen-bond acceptors (Lipinski definition) is 9. The fourth-order valence-corrected chi connectivity index (χ4v) is 5.14. The number of likely N-dealkylation sites (tertiary alicyclic amines) is 1. The summed E-state index contributed by atoms with van der Waals surface area (Å²) >= 11 is 0. The van der Waals surface area contributed by atoms with E-state index in [9.17, 15) is 13.6 Å². The number of benzene rings is 2. The number of nitrogens with zero attached hydrogens (tertiary/aromatic N) is 5. The number of halogens is 2. The Hall–Kier alpha value is -4.20. The van der Waals surface area contributed by atoms with E-state index >= 15 is 0 Å². The van der Waals surface area contributed by atoms with Gasteiger partial charge < -0.3 is 18.8 Å². The van der Waals surface area contributed by atoms with Crippen LogP contribution < -0.4 is 15.0 Å². The number of hydrogen-bond donors (Lipinski definition) is 2. The van der Waals surface area contributed by atoms with Crippen molar-refractivity contribution in [2.45, 2.75) is 51.2 Å². The van der Waals surface area contributed by atoms with E-state index in [2.05, 4.69) is 19.4 Å². The highest BCUT2D eigenvalue weighted by Gasteiger charge is 2.26. The van der Waals surface area contributed by atoms with E-state index in [4.69, 9.17) is 24.4 Å². The highest BCUT2D eigenvalue weighted by Crippen LogP contribution is 2.25. The second-order valence-corrected chi connectivity index (χ2v) is 10.3. The fraction of sp³-hybridized carbons (Fsp3) is 0.379. The molecule has 4 aromatic rings. The monoisotopic (exact) mass is 580 g/mol. The number of ether oxygens (including phenoxy) is 3. The van der Waals surface area contributed by atoms with Crippen LogP contribution in [0.25, 0.3) is 11.0 Å². The summed E-state index contributed by atoms with van der Waals surface area (Å²) < 4.78 is 46.3. The van der Waals surface area contributed by atoms with Gasteiger partial charge in [-0.15, -0.1) is 0 Å². The third kappa shape index (κ3) is 6.32. The molecule has 2 saturated heterocycles. The molecule has 2 fully saturated rings. The minimum Gasteiger partial charge on any atom is -0.483 e. The molecule has 0 bridgehead atoms. The first-order chi connectivity index (χ1) is 20.4. The number of rotatable bonds is 10. The first-order valence-electron chi connectivity index (χ1n) is 13.8. The summed E-state index contributed by atoms with van der Waals surface area (Å²) in [6.45, 7) is 3.50. The summed E-state index contributed by atoms with van der Waals surface area (Å²) in [7, 11) is 0. The van der Waals surface area contributed by atoms with Gasteiger partial charge in [-0.3, -0.25) is 14.9 Å². The average Bonchev–Trinajstić information content (AvgIpc) is 3.31. The molecule has 0 radical (unpaired) electrons. The third-order valence-electron chi connectivity index (χ3n) is 7.49. The number of hydroxylamine groups is 1. The van der Waals surface area contributed by atoms with Crippen LogP contribution in [0.1, 0.15) is 41.3 Å². The molecule has 6 rings (SSSR count). The standard InChI is InChI=1S/C29H30F2N6O5/c30-19-2-4-25(22(31)14-19)41-17-26-32-9-5-28(34-26)42-20-6-10-36(11-7-20)16-27-33-23-3-1-18(29(38)35-39)13-24(23)37(27)15-21-8-12-40-21/h1-5,9,13-14,20-21,39H,6-8,10-12,15-17H2,(H,35,38)/t21-/m0/s1. The molecule has 1 amide bonds. The lowest BCUT2D eigenvalue weighted by Crippen LogP contribution is -2.39. The topological polar surface area (TPSA) is 124 Å². The van der Waals surface area contributed by atoms with Crippen LogP contribution in [0.5, 0.6) is 11.6 Å². The van der Waals surface area contributed by atoms with Crippen LogP contribution in [0.4, 0.5) is 8.78 Å². The van der Waals surface area contributed by atoms with Crippen molar-refractivity contribution in [3.8, 4) is 11.6 Å². The Bertz CT molecular complexity index is 1570. The molecule has 2 N–H and O–H groups in total. The lowest BCUT2D eigenvalue weighted by Gasteiger charge is -2.32. The average molecular weight is 581 g/mol. The SMILES string of the molecule is O=C(NO)c1ccc2nc(CN3CCC(Oc4ccnc(COc5ccc(F)cc5F)n4)CC3)n(C[C@@H]3CCO3)c2c1. The first kappa shape index (κ1) is 27.9. The Morgan fingerprint density at radius 2 is 1.93 bits per heavy atom. The molecule has 2 aliphatic rings. The Morgan fingerprint density at radius 1 is 1.10 bits per heavy atom. The summed E-state index contributed by atoms with van der Waals surface area (Å²) in [4.78, 5) is 27.7. The molecule has 0 saturated carbocycles. The predicted octanol–water partition coefficient (Wildman–Crippen LogP) is 3.63. The van der Waals surface area contributed by atoms with Gasteiger partial charge in [0, 0.05) is 43.6 Å². The van der Waals surface area contributed by atoms with Gasteiger partial charge in [0.05, 0.1) is 30.2 Å². The molecule has 2 aliphatic heterocycles. The van der Waals surface area contributed by atoms with Gasteiger partial charge in [-0.1, -0.05) is 0 Å². The summed E-state index contributed by atoms with van der Waals surface area (Å²) in [5.41, 5.74) is 3.65. The maximum Gasteiger partial charge on any atom is 0.274 e. The summed E-state index contributed by atoms with van der Waals surface area (Å²) in [6, 6.07) is 9.95. The van der Waals surface area contributed by atoms with E-state index in [1.807, 2.05) is 0 Å². The minimum absolute atomic E-state index is 0.0405. The van der Waals surface area contributed by atoms with Crippen molar-refractivity contribution in [2.24, 2.45) is 0 Å². The molecule has 11 nitrogen and oxygen atoms in total. The number of amides is 1. The number of nitrogens with one attached hydrogen (secondary N) is 1. The van der Waals surface area contributed by atoms with Gasteiger partial charge in [0.1, 0.15) is 24.4 Å². The lowest BCUT2D eigenvalue weighted by atomic mass is 10.1. The molecule has 4 heterocycles. The maximum absolute atomic E-state index is 13.9. The Balaban J connectivity index is 1.07. The van der Waals surface area contributed by atoms with Crippen molar-refractivity contribution >= 4 is 16.9 Å². The number of aromatic nitrogens is 4. The van der Waals surface area contributed by atoms with Crippen molar-refractivity contribution < 1.29 is 33.0 Å². The summed E-state index contributed by atoms with van der Waals surface area (Å²) in [5, 5.41) is 9.06. The summed E-state index contributed by atoms with van der Waals surface area (Å²) in [5.74, 6) is -0.502. The van der Waals surface area contributed by atoms with Crippen molar-refractivity contribution in [1.82, 2.24) is 29.9 Å². The number of carbonyl (C=O) groups excluding carboxylic acids is 1. The van der Waals surface area contributed by atoms with Crippen LogP contribution in [0, 0.1) is 11.6 Å². The molecule has 0 aliphatic carbocycles. The molecule has 13 heteroatoms. The smallest absolute Gasteiger partial charge is 0.274 e. The van der Waals surface area contributed by atoms with E-state index in [0.29, 0.717) is 30.4 Å². The van der Waals surface area contributed by atoms with Gasteiger partial charge >= 0.3 is 0 Å². The van der Waals surface area contributed by atoms with Crippen molar-refractivity contribution in [2.75, 3.05) is 19.7 Å². The zero-order chi connectivity index (χ0) is 29.1. The Labute approximate surface area is 240 Å². The van der Waals surface area contributed by atoms with Crippen LogP contribution in [0.3, 0.4) is 0 Å². The highest BCUT2D eigenvalue weighted by molar-refractivity contribution is 5.96. The molecular weight excluding hydrogens is 550 g/mol. The molecule has 0 unspecified atom stereocenters. The Morgan fingerprint density at radius 3 is 2.67 bits per heavy atom. The molecule has 2 aromatic carbocycles. The van der Waals surface area contributed by atoms with Crippen LogP contribution in [-0.4, -0.2) is 67.4 Å². The number of carbonyl (C=O) groups is 1. The van der Waals surface area contributed by atoms with Crippen LogP contribution in [-0.2, 0) is 24.4 Å². The number of fused-ring (bicyclic) bond motifs is 1. The van der Waals surface area contributed by atoms with Crippen molar-refractivity contribution in [3.05, 3.63) is 77.5 Å². The van der Waals surface area contributed by atoms with Gasteiger partial charge in [-0.05, 0) is 49.6 Å². The minimum atomic E-state index is -0.792. The third-order valence-corrected chi connectivity index (χ3v) is 7.49. The van der Waals surface area contributed by atoms with Gasteiger partial charge in [-0.25, -0.2) is 24.2 Å². The second kappa shape index (κ2) is 12.3. The Kier molecular flexibility index (Phi) is 8.22. The highest BCUT2D eigenvalue weighted by atomic mass is 19.1. The first-order valence-corrected chi connectivity index (χ1v) is 13.8.